The van der Waals surface area contributed by atoms with Gasteiger partial charge in [-0.3, -0.25) is 9.89 Å². The number of fused-ring (bicyclic) bond motifs is 1. The number of carbonyl (C=O) groups excluding carboxylic acids is 1. The normalized spacial score (nSPS) is 21.4. The summed E-state index contributed by atoms with van der Waals surface area (Å²) in [6.45, 7) is 2.92. The van der Waals surface area contributed by atoms with E-state index >= 15 is 0 Å². The molecule has 1 atom stereocenters. The maximum Gasteiger partial charge on any atom is 0.233 e. The molecule has 1 aromatic heterocycles. The lowest BCUT2D eigenvalue weighted by Gasteiger charge is -2.40. The Morgan fingerprint density at radius 2 is 1.94 bits per heavy atom. The van der Waals surface area contributed by atoms with Crippen molar-refractivity contribution in [1.82, 2.24) is 15.1 Å². The highest BCUT2D eigenvalue weighted by molar-refractivity contribution is 6.30. The van der Waals surface area contributed by atoms with Gasteiger partial charge < -0.3 is 9.64 Å². The van der Waals surface area contributed by atoms with Crippen LogP contribution >= 0.6 is 11.6 Å². The van der Waals surface area contributed by atoms with Crippen LogP contribution in [0, 0.1) is 5.92 Å². The molecule has 0 unspecified atom stereocenters. The first-order valence-corrected chi connectivity index (χ1v) is 12.1. The van der Waals surface area contributed by atoms with Gasteiger partial charge in [-0.15, -0.1) is 0 Å². The molecule has 3 heterocycles. The van der Waals surface area contributed by atoms with Crippen LogP contribution in [0.4, 0.5) is 0 Å². The van der Waals surface area contributed by atoms with E-state index in [0.29, 0.717) is 24.2 Å². The molecule has 0 spiro atoms. The molecule has 2 aromatic carbocycles. The molecule has 1 N–H and O–H groups in total. The number of H-pyrrole nitrogens is 1. The highest BCUT2D eigenvalue weighted by atomic mass is 35.5. The molecular weight excluding hydrogens is 422 g/mol. The second-order valence-electron chi connectivity index (χ2n) is 9.29. The first-order chi connectivity index (χ1) is 15.6. The molecule has 2 aliphatic rings. The molecule has 32 heavy (non-hydrogen) atoms. The zero-order valence-corrected chi connectivity index (χ0v) is 19.1. The van der Waals surface area contributed by atoms with Gasteiger partial charge in [0.25, 0.3) is 0 Å². The molecule has 1 amide bonds. The molecule has 3 aromatic rings. The number of likely N-dealkylation sites (tertiary alicyclic amines) is 1. The third kappa shape index (κ3) is 4.28. The highest BCUT2D eigenvalue weighted by Crippen LogP contribution is 2.38. The number of hydrogen-bond acceptors (Lipinski definition) is 3. The number of rotatable bonds is 4. The third-order valence-corrected chi connectivity index (χ3v) is 7.57. The van der Waals surface area contributed by atoms with Crippen LogP contribution in [0.25, 0.3) is 10.9 Å². The van der Waals surface area contributed by atoms with Gasteiger partial charge >= 0.3 is 0 Å². The van der Waals surface area contributed by atoms with Gasteiger partial charge in [0, 0.05) is 36.7 Å². The number of amides is 1. The topological polar surface area (TPSA) is 58.2 Å². The lowest BCUT2D eigenvalue weighted by molar-refractivity contribution is -0.141. The number of ether oxygens (including phenoxy) is 1. The van der Waals surface area contributed by atoms with E-state index in [2.05, 4.69) is 33.3 Å². The van der Waals surface area contributed by atoms with Gasteiger partial charge in [-0.1, -0.05) is 29.8 Å². The summed E-state index contributed by atoms with van der Waals surface area (Å²) < 4.78 is 5.64. The standard InChI is InChI=1S/C26H30ClN3O2/c27-23-6-4-22(5-7-23)26(10-14-32-15-11-26)25(31)30-12-1-2-19(9-13-30)16-20-3-8-24-21(17-20)18-28-29-24/h3-8,17-19H,1-2,9-16H2,(H,28,29)/t19-/m1/s1. The number of nitrogens with one attached hydrogen (secondary N) is 1. The summed E-state index contributed by atoms with van der Waals surface area (Å²) >= 11 is 6.13. The average molecular weight is 452 g/mol. The summed E-state index contributed by atoms with van der Waals surface area (Å²) in [6.07, 6.45) is 7.66. The number of carbonyl (C=O) groups is 1. The number of halogens is 1. The monoisotopic (exact) mass is 451 g/mol. The SMILES string of the molecule is O=C(N1CCC[C@@H](Cc2ccc3[nH]ncc3c2)CC1)C1(c2ccc(Cl)cc2)CCOCC1. The Morgan fingerprint density at radius 3 is 2.75 bits per heavy atom. The van der Waals surface area contributed by atoms with Crippen LogP contribution in [0.1, 0.15) is 43.2 Å². The Balaban J connectivity index is 1.30. The molecular formula is C26H30ClN3O2. The van der Waals surface area contributed by atoms with E-state index in [4.69, 9.17) is 16.3 Å². The first kappa shape index (κ1) is 21.5. The number of aromatic amines is 1. The van der Waals surface area contributed by atoms with E-state index in [9.17, 15) is 4.79 Å². The predicted molar refractivity (Wildman–Crippen MR) is 127 cm³/mol. The summed E-state index contributed by atoms with van der Waals surface area (Å²) in [7, 11) is 0. The summed E-state index contributed by atoms with van der Waals surface area (Å²) in [6, 6.07) is 14.4. The van der Waals surface area contributed by atoms with Gasteiger partial charge in [-0.05, 0) is 79.8 Å². The van der Waals surface area contributed by atoms with Crippen LogP contribution < -0.4 is 0 Å². The van der Waals surface area contributed by atoms with E-state index in [1.165, 1.54) is 5.56 Å². The predicted octanol–water partition coefficient (Wildman–Crippen LogP) is 5.14. The number of benzene rings is 2. The van der Waals surface area contributed by atoms with Crippen molar-refractivity contribution in [2.24, 2.45) is 5.92 Å². The van der Waals surface area contributed by atoms with Crippen molar-refractivity contribution in [3.8, 4) is 0 Å². The lowest BCUT2D eigenvalue weighted by atomic mass is 9.73. The highest BCUT2D eigenvalue weighted by Gasteiger charge is 2.44. The summed E-state index contributed by atoms with van der Waals surface area (Å²) in [4.78, 5) is 16.0. The molecule has 2 aliphatic heterocycles. The fraction of sp³-hybridized carbons (Fsp3) is 0.462. The van der Waals surface area contributed by atoms with E-state index in [1.54, 1.807) is 0 Å². The zero-order valence-electron chi connectivity index (χ0n) is 18.4. The molecule has 5 nitrogen and oxygen atoms in total. The molecule has 2 saturated heterocycles. The average Bonchev–Trinajstić information content (AvgIpc) is 3.17. The minimum atomic E-state index is -0.491. The van der Waals surface area contributed by atoms with Crippen LogP contribution in [0.5, 0.6) is 0 Å². The minimum Gasteiger partial charge on any atom is -0.381 e. The molecule has 0 radical (unpaired) electrons. The van der Waals surface area contributed by atoms with Gasteiger partial charge in [-0.25, -0.2) is 0 Å². The van der Waals surface area contributed by atoms with Crippen LogP contribution in [0.2, 0.25) is 5.02 Å². The molecule has 5 rings (SSSR count). The smallest absolute Gasteiger partial charge is 0.233 e. The Kier molecular flexibility index (Phi) is 6.20. The Morgan fingerprint density at radius 1 is 1.12 bits per heavy atom. The second kappa shape index (κ2) is 9.24. The number of aromatic nitrogens is 2. The summed E-state index contributed by atoms with van der Waals surface area (Å²) in [5, 5.41) is 9.02. The summed E-state index contributed by atoms with van der Waals surface area (Å²) in [5.41, 5.74) is 3.01. The molecule has 0 bridgehead atoms. The third-order valence-electron chi connectivity index (χ3n) is 7.32. The second-order valence-corrected chi connectivity index (χ2v) is 9.72. The van der Waals surface area contributed by atoms with Crippen LogP contribution in [-0.4, -0.2) is 47.3 Å². The van der Waals surface area contributed by atoms with Crippen molar-refractivity contribution in [2.75, 3.05) is 26.3 Å². The minimum absolute atomic E-state index is 0.267. The van der Waals surface area contributed by atoms with E-state index < -0.39 is 5.41 Å². The zero-order chi connectivity index (χ0) is 22.0. The van der Waals surface area contributed by atoms with Crippen LogP contribution in [0.3, 0.4) is 0 Å². The van der Waals surface area contributed by atoms with Crippen molar-refractivity contribution >= 4 is 28.4 Å². The van der Waals surface area contributed by atoms with E-state index in [0.717, 1.165) is 68.1 Å². The Bertz CT molecular complexity index is 1070. The van der Waals surface area contributed by atoms with Crippen molar-refractivity contribution in [3.05, 3.63) is 64.8 Å². The maximum atomic E-state index is 13.9. The molecule has 0 saturated carbocycles. The molecule has 2 fully saturated rings. The van der Waals surface area contributed by atoms with Gasteiger partial charge in [-0.2, -0.15) is 5.10 Å². The largest absolute Gasteiger partial charge is 0.381 e. The van der Waals surface area contributed by atoms with Crippen molar-refractivity contribution in [3.63, 3.8) is 0 Å². The van der Waals surface area contributed by atoms with Gasteiger partial charge in [0.05, 0.1) is 17.1 Å². The lowest BCUT2D eigenvalue weighted by Crippen LogP contribution is -2.50. The quantitative estimate of drug-likeness (QED) is 0.597. The Hall–Kier alpha value is -2.37. The number of nitrogens with zero attached hydrogens (tertiary/aromatic N) is 2. The fourth-order valence-electron chi connectivity index (χ4n) is 5.44. The van der Waals surface area contributed by atoms with Crippen LogP contribution in [0.15, 0.2) is 48.7 Å². The van der Waals surface area contributed by atoms with Crippen LogP contribution in [-0.2, 0) is 21.4 Å². The first-order valence-electron chi connectivity index (χ1n) is 11.7. The van der Waals surface area contributed by atoms with Crippen molar-refractivity contribution < 1.29 is 9.53 Å². The molecule has 0 aliphatic carbocycles. The summed E-state index contributed by atoms with van der Waals surface area (Å²) in [5.74, 6) is 0.863. The van der Waals surface area contributed by atoms with E-state index in [1.807, 2.05) is 30.5 Å². The molecule has 168 valence electrons. The van der Waals surface area contributed by atoms with Gasteiger partial charge in [0.2, 0.25) is 5.91 Å². The van der Waals surface area contributed by atoms with Crippen molar-refractivity contribution in [1.29, 1.82) is 0 Å². The van der Waals surface area contributed by atoms with E-state index in [-0.39, 0.29) is 5.91 Å². The van der Waals surface area contributed by atoms with Crippen molar-refractivity contribution in [2.45, 2.75) is 43.9 Å². The molecule has 6 heteroatoms. The van der Waals surface area contributed by atoms with Gasteiger partial charge in [0.1, 0.15) is 0 Å². The van der Waals surface area contributed by atoms with Gasteiger partial charge in [0.15, 0.2) is 0 Å². The maximum absolute atomic E-state index is 13.9. The Labute approximate surface area is 194 Å². The fourth-order valence-corrected chi connectivity index (χ4v) is 5.57. The number of hydrogen-bond donors (Lipinski definition) is 1.